The fourth-order valence-corrected chi connectivity index (χ4v) is 5.95. The van der Waals surface area contributed by atoms with Crippen LogP contribution in [0, 0.1) is 5.82 Å². The number of nitrogens with zero attached hydrogens (tertiary/aromatic N) is 2. The van der Waals surface area contributed by atoms with Crippen molar-refractivity contribution in [2.24, 2.45) is 0 Å². The van der Waals surface area contributed by atoms with Gasteiger partial charge in [0.2, 0.25) is 21.8 Å². The van der Waals surface area contributed by atoms with Crippen LogP contribution in [-0.2, 0) is 32.6 Å². The minimum atomic E-state index is -3.92. The van der Waals surface area contributed by atoms with Gasteiger partial charge in [0.25, 0.3) is 0 Å². The molecule has 0 spiro atoms. The zero-order valence-corrected chi connectivity index (χ0v) is 24.1. The number of ether oxygens (including phenoxy) is 1. The van der Waals surface area contributed by atoms with Gasteiger partial charge in [0, 0.05) is 30.6 Å². The first kappa shape index (κ1) is 30.0. The van der Waals surface area contributed by atoms with E-state index in [9.17, 15) is 22.4 Å². The predicted octanol–water partition coefficient (Wildman–Crippen LogP) is 4.30. The Morgan fingerprint density at radius 1 is 1.00 bits per heavy atom. The average Bonchev–Trinajstić information content (AvgIpc) is 3.47. The van der Waals surface area contributed by atoms with Gasteiger partial charge in [-0.15, -0.1) is 0 Å². The molecule has 0 aliphatic heterocycles. The molecular weight excluding hydrogens is 545 g/mol. The number of carbonyl (C=O) groups excluding carboxylic acids is 2. The van der Waals surface area contributed by atoms with Gasteiger partial charge < -0.3 is 15.0 Å². The maximum atomic E-state index is 14.9. The highest BCUT2D eigenvalue weighted by Gasteiger charge is 2.34. The van der Waals surface area contributed by atoms with Crippen molar-refractivity contribution in [3.05, 3.63) is 95.8 Å². The highest BCUT2D eigenvalue weighted by Crippen LogP contribution is 2.25. The van der Waals surface area contributed by atoms with E-state index in [-0.39, 0.29) is 36.2 Å². The Bertz CT molecular complexity index is 1440. The third kappa shape index (κ3) is 8.07. The lowest BCUT2D eigenvalue weighted by atomic mass is 10.0. The molecule has 1 fully saturated rings. The van der Waals surface area contributed by atoms with Gasteiger partial charge in [-0.1, -0.05) is 67.4 Å². The Hall–Kier alpha value is -3.92. The Balaban J connectivity index is 1.73. The molecule has 0 saturated heterocycles. The highest BCUT2D eigenvalue weighted by atomic mass is 32.2. The SMILES string of the molecule is COc1cccc(N(CC(=O)N(Cc2ccccc2F)[C@@H](Cc2ccccc2)C(=O)NC2CCCC2)S(C)(=O)=O)c1. The molecule has 8 nitrogen and oxygen atoms in total. The molecule has 0 aromatic heterocycles. The molecule has 10 heteroatoms. The minimum absolute atomic E-state index is 0.00418. The summed E-state index contributed by atoms with van der Waals surface area (Å²) in [6.45, 7) is -0.792. The summed E-state index contributed by atoms with van der Waals surface area (Å²) in [4.78, 5) is 29.2. The van der Waals surface area contributed by atoms with Crippen LogP contribution in [0.1, 0.15) is 36.8 Å². The van der Waals surface area contributed by atoms with E-state index in [0.29, 0.717) is 5.75 Å². The van der Waals surface area contributed by atoms with E-state index in [1.54, 1.807) is 36.4 Å². The van der Waals surface area contributed by atoms with Crippen molar-refractivity contribution in [1.82, 2.24) is 10.2 Å². The van der Waals surface area contributed by atoms with Gasteiger partial charge in [0.1, 0.15) is 24.2 Å². The first-order valence-corrected chi connectivity index (χ1v) is 15.5. The van der Waals surface area contributed by atoms with Gasteiger partial charge in [-0.25, -0.2) is 12.8 Å². The molecule has 1 saturated carbocycles. The summed E-state index contributed by atoms with van der Waals surface area (Å²) in [6.07, 6.45) is 4.91. The Labute approximate surface area is 241 Å². The van der Waals surface area contributed by atoms with Crippen molar-refractivity contribution in [2.45, 2.75) is 50.7 Å². The monoisotopic (exact) mass is 581 g/mol. The zero-order valence-electron chi connectivity index (χ0n) is 23.3. The van der Waals surface area contributed by atoms with E-state index < -0.39 is 34.3 Å². The number of halogens is 1. The van der Waals surface area contributed by atoms with Gasteiger partial charge in [-0.3, -0.25) is 13.9 Å². The van der Waals surface area contributed by atoms with Crippen LogP contribution in [0.15, 0.2) is 78.9 Å². The Morgan fingerprint density at radius 3 is 2.34 bits per heavy atom. The molecule has 0 bridgehead atoms. The number of amides is 2. The molecule has 3 aromatic carbocycles. The molecule has 2 amide bonds. The number of sulfonamides is 1. The number of hydrogen-bond donors (Lipinski definition) is 1. The Kier molecular flexibility index (Phi) is 9.99. The maximum absolute atomic E-state index is 14.9. The molecule has 3 aromatic rings. The second-order valence-corrected chi connectivity index (χ2v) is 12.2. The van der Waals surface area contributed by atoms with Gasteiger partial charge in [0.15, 0.2) is 0 Å². The van der Waals surface area contributed by atoms with E-state index in [1.165, 1.54) is 24.1 Å². The molecule has 0 radical (unpaired) electrons. The summed E-state index contributed by atoms with van der Waals surface area (Å²) in [5, 5.41) is 3.09. The number of nitrogens with one attached hydrogen (secondary N) is 1. The minimum Gasteiger partial charge on any atom is -0.497 e. The van der Waals surface area contributed by atoms with E-state index >= 15 is 0 Å². The first-order chi connectivity index (χ1) is 19.7. The van der Waals surface area contributed by atoms with Crippen molar-refractivity contribution >= 4 is 27.5 Å². The predicted molar refractivity (Wildman–Crippen MR) is 156 cm³/mol. The molecular formula is C31H36FN3O5S. The van der Waals surface area contributed by atoms with E-state index in [4.69, 9.17) is 4.74 Å². The largest absolute Gasteiger partial charge is 0.497 e. The summed E-state index contributed by atoms with van der Waals surface area (Å²) in [5.74, 6) is -1.08. The molecule has 0 unspecified atom stereocenters. The number of methoxy groups -OCH3 is 1. The average molecular weight is 582 g/mol. The number of rotatable bonds is 12. The van der Waals surface area contributed by atoms with Crippen molar-refractivity contribution in [1.29, 1.82) is 0 Å². The van der Waals surface area contributed by atoms with Gasteiger partial charge >= 0.3 is 0 Å². The van der Waals surface area contributed by atoms with Crippen LogP contribution < -0.4 is 14.4 Å². The van der Waals surface area contributed by atoms with Gasteiger partial charge in [0.05, 0.1) is 19.1 Å². The fraction of sp³-hybridized carbons (Fsp3) is 0.355. The number of hydrogen-bond acceptors (Lipinski definition) is 5. The van der Waals surface area contributed by atoms with Crippen LogP contribution >= 0.6 is 0 Å². The quantitative estimate of drug-likeness (QED) is 0.344. The maximum Gasteiger partial charge on any atom is 0.244 e. The second kappa shape index (κ2) is 13.6. The van der Waals surface area contributed by atoms with E-state index in [2.05, 4.69) is 5.32 Å². The smallest absolute Gasteiger partial charge is 0.244 e. The van der Waals surface area contributed by atoms with Crippen molar-refractivity contribution in [3.63, 3.8) is 0 Å². The summed E-state index contributed by atoms with van der Waals surface area (Å²) < 4.78 is 46.9. The standard InChI is InChI=1S/C31H36FN3O5S/c1-40-27-17-10-16-26(20-27)35(41(2,38)39)22-30(36)34(21-24-13-6-9-18-28(24)32)29(19-23-11-4-3-5-12-23)31(37)33-25-14-7-8-15-25/h3-6,9-13,16-18,20,25,29H,7-8,14-15,19,21-22H2,1-2H3,(H,33,37)/t29-/m0/s1. The highest BCUT2D eigenvalue weighted by molar-refractivity contribution is 7.92. The van der Waals surface area contributed by atoms with Crippen molar-refractivity contribution in [3.8, 4) is 5.75 Å². The lowest BCUT2D eigenvalue weighted by Gasteiger charge is -2.34. The molecule has 1 aliphatic carbocycles. The Morgan fingerprint density at radius 2 is 1.68 bits per heavy atom. The molecule has 218 valence electrons. The summed E-state index contributed by atoms with van der Waals surface area (Å²) in [6, 6.07) is 20.7. The van der Waals surface area contributed by atoms with Gasteiger partial charge in [-0.2, -0.15) is 0 Å². The second-order valence-electron chi connectivity index (χ2n) is 10.3. The van der Waals surface area contributed by atoms with Crippen LogP contribution in [0.4, 0.5) is 10.1 Å². The van der Waals surface area contributed by atoms with Crippen LogP contribution in [0.25, 0.3) is 0 Å². The third-order valence-electron chi connectivity index (χ3n) is 7.29. The van der Waals surface area contributed by atoms with E-state index in [0.717, 1.165) is 41.8 Å². The fourth-order valence-electron chi connectivity index (χ4n) is 5.11. The van der Waals surface area contributed by atoms with Crippen LogP contribution in [0.3, 0.4) is 0 Å². The van der Waals surface area contributed by atoms with Crippen LogP contribution in [-0.4, -0.2) is 57.1 Å². The molecule has 0 heterocycles. The van der Waals surface area contributed by atoms with Crippen molar-refractivity contribution < 1.29 is 27.1 Å². The number of anilines is 1. The summed E-state index contributed by atoms with van der Waals surface area (Å²) in [5.41, 5.74) is 1.28. The van der Waals surface area contributed by atoms with Crippen LogP contribution in [0.5, 0.6) is 5.75 Å². The molecule has 1 atom stereocenters. The molecule has 4 rings (SSSR count). The third-order valence-corrected chi connectivity index (χ3v) is 8.43. The first-order valence-electron chi connectivity index (χ1n) is 13.6. The molecule has 1 N–H and O–H groups in total. The summed E-state index contributed by atoms with van der Waals surface area (Å²) >= 11 is 0. The number of carbonyl (C=O) groups is 2. The van der Waals surface area contributed by atoms with Gasteiger partial charge in [-0.05, 0) is 36.6 Å². The normalized spacial score (nSPS) is 14.3. The summed E-state index contributed by atoms with van der Waals surface area (Å²) in [7, 11) is -2.46. The lowest BCUT2D eigenvalue weighted by molar-refractivity contribution is -0.140. The van der Waals surface area contributed by atoms with E-state index in [1.807, 2.05) is 30.3 Å². The molecule has 1 aliphatic rings. The van der Waals surface area contributed by atoms with Crippen LogP contribution in [0.2, 0.25) is 0 Å². The lowest BCUT2D eigenvalue weighted by Crippen LogP contribution is -2.54. The van der Waals surface area contributed by atoms with Crippen molar-refractivity contribution in [2.75, 3.05) is 24.2 Å². The topological polar surface area (TPSA) is 96.0 Å². The molecule has 41 heavy (non-hydrogen) atoms. The number of benzene rings is 3. The zero-order chi connectivity index (χ0) is 29.4.